The lowest BCUT2D eigenvalue weighted by molar-refractivity contribution is -0.386. The number of imide groups is 1. The lowest BCUT2D eigenvalue weighted by Crippen LogP contribution is -2.36. The van der Waals surface area contributed by atoms with E-state index in [1.54, 1.807) is 0 Å². The van der Waals surface area contributed by atoms with Gasteiger partial charge in [0, 0.05) is 49.8 Å². The van der Waals surface area contributed by atoms with E-state index in [1.807, 2.05) is 11.8 Å². The van der Waals surface area contributed by atoms with Crippen LogP contribution in [0.15, 0.2) is 12.1 Å². The Morgan fingerprint density at radius 1 is 0.699 bits per heavy atom. The Labute approximate surface area is 428 Å². The largest absolute Gasteiger partial charge is 0.534 e. The van der Waals surface area contributed by atoms with Gasteiger partial charge in [0.25, 0.3) is 17.5 Å². The Kier molecular flexibility index (Phi) is 29.7. The quantitative estimate of drug-likeness (QED) is 0.0182. The van der Waals surface area contributed by atoms with Crippen molar-refractivity contribution in [2.75, 3.05) is 138 Å². The smallest absolute Gasteiger partial charge is 0.493 e. The van der Waals surface area contributed by atoms with Crippen molar-refractivity contribution in [2.24, 2.45) is 0 Å². The van der Waals surface area contributed by atoms with Gasteiger partial charge in [0.15, 0.2) is 11.5 Å². The highest BCUT2D eigenvalue weighted by Crippen LogP contribution is 2.39. The second kappa shape index (κ2) is 35.9. The summed E-state index contributed by atoms with van der Waals surface area (Å²) in [5.41, 5.74) is -0.509. The first-order valence-electron chi connectivity index (χ1n) is 24.5. The number of unbranched alkanes of at least 4 members (excludes halogenated alkanes) is 1. The molecule has 6 amide bonds. The average Bonchev–Trinajstić information content (AvgIpc) is 4.04. The van der Waals surface area contributed by atoms with Crippen LogP contribution in [0.4, 0.5) is 15.3 Å². The molecule has 4 N–H and O–H groups in total. The van der Waals surface area contributed by atoms with Gasteiger partial charge in [-0.1, -0.05) is 11.5 Å². The van der Waals surface area contributed by atoms with Gasteiger partial charge in [-0.3, -0.25) is 34.1 Å². The number of amides is 6. The predicted octanol–water partition coefficient (Wildman–Crippen LogP) is 2.13. The Bertz CT molecular complexity index is 1850. The molecule has 0 saturated carbocycles. The zero-order valence-corrected chi connectivity index (χ0v) is 42.5. The van der Waals surface area contributed by atoms with Gasteiger partial charge in [-0.2, -0.15) is 11.8 Å². The van der Waals surface area contributed by atoms with Crippen LogP contribution in [-0.4, -0.2) is 201 Å². The third kappa shape index (κ3) is 24.2. The summed E-state index contributed by atoms with van der Waals surface area (Å²) < 4.78 is 60.1. The van der Waals surface area contributed by atoms with Crippen LogP contribution in [0.1, 0.15) is 70.0 Å². The predicted molar refractivity (Wildman–Crippen MR) is 258 cm³/mol. The van der Waals surface area contributed by atoms with E-state index in [9.17, 15) is 38.9 Å². The van der Waals surface area contributed by atoms with Crippen molar-refractivity contribution in [1.29, 1.82) is 0 Å². The molecule has 1 aromatic carbocycles. The molecule has 27 heteroatoms. The van der Waals surface area contributed by atoms with E-state index in [1.165, 1.54) is 20.1 Å². The fourth-order valence-corrected chi connectivity index (χ4v) is 8.86. The summed E-state index contributed by atoms with van der Waals surface area (Å²) in [6.45, 7) is 8.62. The number of hydroxylamine groups is 2. The molecule has 0 aliphatic carbocycles. The van der Waals surface area contributed by atoms with E-state index in [2.05, 4.69) is 26.1 Å². The molecule has 4 atom stereocenters. The molecule has 0 radical (unpaired) electrons. The van der Waals surface area contributed by atoms with Gasteiger partial charge in [0.2, 0.25) is 11.8 Å². The summed E-state index contributed by atoms with van der Waals surface area (Å²) >= 11 is 1.89. The maximum absolute atomic E-state index is 12.3. The molecule has 1 aromatic rings. The highest BCUT2D eigenvalue weighted by atomic mass is 32.2. The van der Waals surface area contributed by atoms with Gasteiger partial charge < -0.3 is 73.4 Å². The second-order valence-electron chi connectivity index (χ2n) is 16.4. The maximum atomic E-state index is 12.3. The monoisotopic (exact) mass is 1060 g/mol. The zero-order valence-electron chi connectivity index (χ0n) is 41.7. The van der Waals surface area contributed by atoms with Crippen LogP contribution < -0.4 is 30.7 Å². The van der Waals surface area contributed by atoms with E-state index < -0.39 is 34.7 Å². The van der Waals surface area contributed by atoms with Gasteiger partial charge in [-0.25, -0.2) is 9.59 Å². The average molecular weight is 1060 g/mol. The molecule has 3 heterocycles. The Hall–Kier alpha value is -5.13. The SMILES string of the molecule is COc1cc(C(C)OC(=O)ON2C(=O)CCC2=O)c([N+](=O)[O-])cc1OCCCC(=O)NCCOCCOCCOCCOCCOCCOCCOCCOCCNC(=O)CCCC[C@@H]1SC[C@@H]2NC(=O)N[C@@H]21. The van der Waals surface area contributed by atoms with Crippen molar-refractivity contribution in [2.45, 2.75) is 81.7 Å². The van der Waals surface area contributed by atoms with Gasteiger partial charge in [0.05, 0.1) is 148 Å². The first-order valence-corrected chi connectivity index (χ1v) is 25.6. The molecule has 4 rings (SSSR count). The Morgan fingerprint density at radius 2 is 1.19 bits per heavy atom. The second-order valence-corrected chi connectivity index (χ2v) is 17.7. The highest BCUT2D eigenvalue weighted by molar-refractivity contribution is 8.00. The van der Waals surface area contributed by atoms with Gasteiger partial charge in [0.1, 0.15) is 6.10 Å². The van der Waals surface area contributed by atoms with Crippen LogP contribution in [0.25, 0.3) is 0 Å². The third-order valence-electron chi connectivity index (χ3n) is 11.0. The highest BCUT2D eigenvalue weighted by Gasteiger charge is 2.42. The lowest BCUT2D eigenvalue weighted by Gasteiger charge is -2.18. The Balaban J connectivity index is 0.836. The number of hydrogen-bond acceptors (Lipinski definition) is 21. The van der Waals surface area contributed by atoms with Crippen LogP contribution in [0.3, 0.4) is 0 Å². The fraction of sp³-hybridized carbons (Fsp3) is 0.739. The third-order valence-corrected chi connectivity index (χ3v) is 12.5. The first-order chi connectivity index (χ1) is 35.5. The van der Waals surface area contributed by atoms with Crippen LogP contribution in [0, 0.1) is 10.1 Å². The van der Waals surface area contributed by atoms with E-state index in [0.29, 0.717) is 122 Å². The number of hydrogen-bond donors (Lipinski definition) is 4. The molecule has 26 nitrogen and oxygen atoms in total. The summed E-state index contributed by atoms with van der Waals surface area (Å²) in [6, 6.07) is 2.73. The van der Waals surface area contributed by atoms with Crippen LogP contribution in [0.2, 0.25) is 0 Å². The number of nitro benzene ring substituents is 1. The molecule has 3 aliphatic rings. The summed E-state index contributed by atoms with van der Waals surface area (Å²) in [6.07, 6.45) is 0.797. The first kappa shape index (κ1) is 60.4. The van der Waals surface area contributed by atoms with Crippen LogP contribution in [-0.2, 0) is 66.6 Å². The van der Waals surface area contributed by atoms with Crippen molar-refractivity contribution < 1.29 is 90.6 Å². The van der Waals surface area contributed by atoms with Crippen LogP contribution >= 0.6 is 11.8 Å². The van der Waals surface area contributed by atoms with E-state index in [4.69, 9.17) is 52.1 Å². The summed E-state index contributed by atoms with van der Waals surface area (Å²) in [4.78, 5) is 87.3. The number of thioether (sulfide) groups is 1. The number of benzene rings is 1. The fourth-order valence-electron chi connectivity index (χ4n) is 7.32. The van der Waals surface area contributed by atoms with E-state index >= 15 is 0 Å². The van der Waals surface area contributed by atoms with Crippen molar-refractivity contribution in [3.05, 3.63) is 27.8 Å². The minimum Gasteiger partial charge on any atom is -0.493 e. The molecule has 412 valence electrons. The molecule has 73 heavy (non-hydrogen) atoms. The summed E-state index contributed by atoms with van der Waals surface area (Å²) in [5.74, 6) is -0.562. The molecular formula is C46H72N6O20S. The minimum absolute atomic E-state index is 0.0220. The number of ether oxygens (including phenoxy) is 11. The normalized spacial score (nSPS) is 17.5. The number of fused-ring (bicyclic) bond motifs is 1. The molecule has 1 unspecified atom stereocenters. The number of rotatable bonds is 42. The number of methoxy groups -OCH3 is 1. The number of nitro groups is 1. The minimum atomic E-state index is -1.40. The lowest BCUT2D eigenvalue weighted by atomic mass is 10.0. The maximum Gasteiger partial charge on any atom is 0.534 e. The number of nitrogens with zero attached hydrogens (tertiary/aromatic N) is 2. The molecular weight excluding hydrogens is 989 g/mol. The number of carbonyl (C=O) groups excluding carboxylic acids is 6. The molecule has 0 spiro atoms. The molecule has 3 fully saturated rings. The zero-order chi connectivity index (χ0) is 52.5. The summed E-state index contributed by atoms with van der Waals surface area (Å²) in [7, 11) is 1.32. The van der Waals surface area contributed by atoms with Gasteiger partial charge in [-0.15, -0.1) is 0 Å². The number of nitrogens with one attached hydrogen (secondary N) is 4. The van der Waals surface area contributed by atoms with E-state index in [0.717, 1.165) is 31.1 Å². The molecule has 3 saturated heterocycles. The molecule has 0 bridgehead atoms. The molecule has 3 aliphatic heterocycles. The van der Waals surface area contributed by atoms with Crippen molar-refractivity contribution in [3.63, 3.8) is 0 Å². The van der Waals surface area contributed by atoms with Gasteiger partial charge in [-0.05, 0) is 32.3 Å². The standard InChI is InChI=1S/C46H72N6O20S/c1-33(71-46(58)72-51-42(55)9-10-43(51)56)34-30-37(61-2)38(31-36(34)52(59)60)70-13-5-8-41(54)48-12-15-63-17-19-65-21-23-67-25-27-69-29-28-68-26-24-66-22-20-64-18-16-62-14-11-47-40(53)7-4-3-6-39-44-35(32-73-39)49-45(57)50-44/h30-31,33,35,39,44H,3-29,32H2,1-2H3,(H,47,53)(H,48,54)(H2,49,50,57)/t33?,35-,39-,44-/m0/s1. The van der Waals surface area contributed by atoms with Crippen molar-refractivity contribution in [3.8, 4) is 11.5 Å². The van der Waals surface area contributed by atoms with E-state index in [-0.39, 0.29) is 92.4 Å². The topological polar surface area (TPSA) is 308 Å². The Morgan fingerprint density at radius 3 is 1.68 bits per heavy atom. The number of carbonyl (C=O) groups is 6. The van der Waals surface area contributed by atoms with Crippen molar-refractivity contribution >= 4 is 53.3 Å². The summed E-state index contributed by atoms with van der Waals surface area (Å²) in [5, 5.41) is 24.2. The number of urea groups is 1. The van der Waals surface area contributed by atoms with Gasteiger partial charge >= 0.3 is 12.2 Å². The van der Waals surface area contributed by atoms with Crippen molar-refractivity contribution in [1.82, 2.24) is 26.3 Å². The molecule has 0 aromatic heterocycles. The van der Waals surface area contributed by atoms with Crippen LogP contribution in [0.5, 0.6) is 11.5 Å².